The molecule has 3 aliphatic rings. The van der Waals surface area contributed by atoms with E-state index in [0.29, 0.717) is 34.5 Å². The number of anilines is 2. The summed E-state index contributed by atoms with van der Waals surface area (Å²) in [4.78, 5) is 22.7. The maximum Gasteiger partial charge on any atom is 0.229 e. The third-order valence-corrected chi connectivity index (χ3v) is 9.02. The van der Waals surface area contributed by atoms with Gasteiger partial charge in [-0.25, -0.2) is 28.7 Å². The molecule has 0 unspecified atom stereocenters. The van der Waals surface area contributed by atoms with Crippen LogP contribution in [0, 0.1) is 11.6 Å². The lowest BCUT2D eigenvalue weighted by Crippen LogP contribution is -2.55. The van der Waals surface area contributed by atoms with Gasteiger partial charge in [-0.05, 0) is 63.4 Å². The van der Waals surface area contributed by atoms with E-state index in [1.165, 1.54) is 6.07 Å². The molecule has 5 heterocycles. The molecule has 0 bridgehead atoms. The highest BCUT2D eigenvalue weighted by atomic mass is 19.1. The number of aryl methyl sites for hydroxylation is 1. The van der Waals surface area contributed by atoms with Crippen LogP contribution in [0.15, 0.2) is 36.7 Å². The Hall–Kier alpha value is -3.50. The van der Waals surface area contributed by atoms with Gasteiger partial charge in [0.25, 0.3) is 0 Å². The Kier molecular flexibility index (Phi) is 6.08. The Balaban J connectivity index is 1.11. The Morgan fingerprint density at radius 3 is 2.50 bits per heavy atom. The van der Waals surface area contributed by atoms with E-state index >= 15 is 4.39 Å². The first kappa shape index (κ1) is 25.5. The van der Waals surface area contributed by atoms with Crippen molar-refractivity contribution in [2.24, 2.45) is 0 Å². The first-order valence-electron chi connectivity index (χ1n) is 14.3. The summed E-state index contributed by atoms with van der Waals surface area (Å²) in [7, 11) is 0. The van der Waals surface area contributed by atoms with Gasteiger partial charge < -0.3 is 9.88 Å². The largest absolute Gasteiger partial charge is 0.322 e. The van der Waals surface area contributed by atoms with Crippen LogP contribution in [0.3, 0.4) is 0 Å². The zero-order chi connectivity index (χ0) is 27.6. The summed E-state index contributed by atoms with van der Waals surface area (Å²) in [6, 6.07) is 8.05. The van der Waals surface area contributed by atoms with E-state index in [4.69, 9.17) is 0 Å². The number of piperazine rings is 1. The quantitative estimate of drug-likeness (QED) is 0.355. The van der Waals surface area contributed by atoms with E-state index in [1.807, 2.05) is 24.4 Å². The van der Waals surface area contributed by atoms with Crippen LogP contribution in [0.2, 0.25) is 0 Å². The maximum absolute atomic E-state index is 15.2. The van der Waals surface area contributed by atoms with E-state index in [0.717, 1.165) is 69.4 Å². The van der Waals surface area contributed by atoms with Gasteiger partial charge in [0.15, 0.2) is 11.6 Å². The fraction of sp³-hybridized carbons (Fsp3) is 0.467. The number of pyridine rings is 1. The second-order valence-electron chi connectivity index (χ2n) is 11.7. The second-order valence-corrected chi connectivity index (χ2v) is 11.7. The lowest BCUT2D eigenvalue weighted by atomic mass is 10.1. The van der Waals surface area contributed by atoms with Crippen LogP contribution in [-0.2, 0) is 18.5 Å². The topological polar surface area (TPSA) is 75.0 Å². The summed E-state index contributed by atoms with van der Waals surface area (Å²) in [5.74, 6) is 0.601. The number of likely N-dealkylation sites (N-methyl/N-ethyl adjacent to an activating group) is 1. The van der Waals surface area contributed by atoms with Crippen molar-refractivity contribution in [3.05, 3.63) is 59.7 Å². The minimum atomic E-state index is -0.610. The molecule has 8 nitrogen and oxygen atoms in total. The van der Waals surface area contributed by atoms with Crippen molar-refractivity contribution in [2.45, 2.75) is 70.6 Å². The molecule has 40 heavy (non-hydrogen) atoms. The van der Waals surface area contributed by atoms with Crippen LogP contribution in [-0.4, -0.2) is 66.0 Å². The molecular formula is C30H34F2N8. The number of hydrogen-bond acceptors (Lipinski definition) is 7. The molecule has 1 spiro atoms. The average molecular weight is 545 g/mol. The maximum atomic E-state index is 15.2. The predicted octanol–water partition coefficient (Wildman–Crippen LogP) is 5.26. The number of imidazole rings is 1. The Bertz CT molecular complexity index is 1580. The zero-order valence-corrected chi connectivity index (χ0v) is 23.2. The van der Waals surface area contributed by atoms with Crippen molar-refractivity contribution >= 4 is 22.8 Å². The van der Waals surface area contributed by atoms with E-state index in [1.54, 1.807) is 0 Å². The number of nitrogens with one attached hydrogen (secondary N) is 1. The summed E-state index contributed by atoms with van der Waals surface area (Å²) in [5, 5.41) is 3.08. The molecule has 2 aliphatic heterocycles. The normalized spacial score (nSPS) is 22.2. The molecule has 3 aromatic heterocycles. The van der Waals surface area contributed by atoms with Gasteiger partial charge in [-0.15, -0.1) is 0 Å². The number of fused-ring (bicyclic) bond motifs is 4. The number of halogens is 2. The van der Waals surface area contributed by atoms with Crippen LogP contribution >= 0.6 is 0 Å². The highest BCUT2D eigenvalue weighted by molar-refractivity contribution is 5.83. The lowest BCUT2D eigenvalue weighted by Gasteiger charge is -2.43. The van der Waals surface area contributed by atoms with Crippen molar-refractivity contribution in [3.8, 4) is 11.3 Å². The van der Waals surface area contributed by atoms with Crippen LogP contribution in [0.25, 0.3) is 22.3 Å². The van der Waals surface area contributed by atoms with Gasteiger partial charge in [0, 0.05) is 55.4 Å². The van der Waals surface area contributed by atoms with E-state index in [2.05, 4.69) is 60.4 Å². The number of aromatic nitrogens is 5. The zero-order valence-electron chi connectivity index (χ0n) is 23.2. The van der Waals surface area contributed by atoms with Crippen molar-refractivity contribution in [1.82, 2.24) is 34.3 Å². The molecule has 1 N–H and O–H groups in total. The van der Waals surface area contributed by atoms with Crippen LogP contribution < -0.4 is 5.32 Å². The van der Waals surface area contributed by atoms with Gasteiger partial charge in [0.2, 0.25) is 5.95 Å². The number of nitrogens with zero attached hydrogens (tertiary/aromatic N) is 7. The van der Waals surface area contributed by atoms with Crippen LogP contribution in [0.5, 0.6) is 0 Å². The van der Waals surface area contributed by atoms with E-state index in [9.17, 15) is 4.39 Å². The van der Waals surface area contributed by atoms with Gasteiger partial charge in [0.1, 0.15) is 22.9 Å². The molecule has 2 atom stereocenters. The standard InChI is InChI=1S/C30H34F2N8/c1-4-38-15-19(3)39(16-18(38)2)17-20-5-6-25(33-13-20)35-29-34-14-23(32)27(37-29)21-11-22(31)28-24(12-21)40-26(36-28)7-8-30(40)9-10-30/h5-6,11-14,18-19H,4,7-10,15-17H2,1-3H3,(H,33,34,35,37)/t18-,19-/m0/s1. The van der Waals surface area contributed by atoms with Crippen molar-refractivity contribution in [3.63, 3.8) is 0 Å². The van der Waals surface area contributed by atoms with Gasteiger partial charge in [-0.2, -0.15) is 0 Å². The fourth-order valence-electron chi connectivity index (χ4n) is 6.59. The molecule has 1 saturated carbocycles. The molecule has 208 valence electrons. The first-order chi connectivity index (χ1) is 19.3. The number of benzene rings is 1. The van der Waals surface area contributed by atoms with Crippen molar-refractivity contribution in [1.29, 1.82) is 0 Å². The minimum absolute atomic E-state index is 0.0441. The summed E-state index contributed by atoms with van der Waals surface area (Å²) < 4.78 is 32.3. The van der Waals surface area contributed by atoms with Gasteiger partial charge in [-0.3, -0.25) is 9.80 Å². The fourth-order valence-corrected chi connectivity index (χ4v) is 6.59. The molecule has 4 aromatic rings. The second kappa shape index (κ2) is 9.55. The predicted molar refractivity (Wildman–Crippen MR) is 150 cm³/mol. The van der Waals surface area contributed by atoms with E-state index in [-0.39, 0.29) is 17.2 Å². The molecule has 0 amide bonds. The number of hydrogen-bond donors (Lipinski definition) is 1. The Morgan fingerprint density at radius 2 is 1.75 bits per heavy atom. The van der Waals surface area contributed by atoms with Crippen LogP contribution in [0.1, 0.15) is 51.4 Å². The average Bonchev–Trinajstić information content (AvgIpc) is 3.50. The third kappa shape index (κ3) is 4.34. The van der Waals surface area contributed by atoms with Crippen molar-refractivity contribution < 1.29 is 8.78 Å². The molecule has 2 fully saturated rings. The molecule has 1 saturated heterocycles. The van der Waals surface area contributed by atoms with Gasteiger partial charge in [-0.1, -0.05) is 13.0 Å². The highest BCUT2D eigenvalue weighted by Crippen LogP contribution is 2.53. The summed E-state index contributed by atoms with van der Waals surface area (Å²) in [6.07, 6.45) is 7.00. The molecule has 10 heteroatoms. The summed E-state index contributed by atoms with van der Waals surface area (Å²) in [5.41, 5.74) is 2.66. The monoisotopic (exact) mass is 544 g/mol. The van der Waals surface area contributed by atoms with Crippen molar-refractivity contribution in [2.75, 3.05) is 25.0 Å². The molecule has 7 rings (SSSR count). The smallest absolute Gasteiger partial charge is 0.229 e. The molecule has 1 aliphatic carbocycles. The first-order valence-corrected chi connectivity index (χ1v) is 14.3. The summed E-state index contributed by atoms with van der Waals surface area (Å²) in [6.45, 7) is 10.8. The molecule has 0 radical (unpaired) electrons. The Morgan fingerprint density at radius 1 is 0.950 bits per heavy atom. The van der Waals surface area contributed by atoms with E-state index < -0.39 is 11.6 Å². The summed E-state index contributed by atoms with van der Waals surface area (Å²) >= 11 is 0. The third-order valence-electron chi connectivity index (χ3n) is 9.02. The van der Waals surface area contributed by atoms with Crippen LogP contribution in [0.4, 0.5) is 20.5 Å². The Labute approximate surface area is 232 Å². The minimum Gasteiger partial charge on any atom is -0.322 e. The highest BCUT2D eigenvalue weighted by Gasteiger charge is 2.50. The molecular weight excluding hydrogens is 510 g/mol. The molecule has 1 aromatic carbocycles. The SMILES string of the molecule is CCN1C[C@H](C)N(Cc2ccc(Nc3ncc(F)c(-c4cc(F)c5nc6n(c5c4)C4(CC6)CC4)n3)nc2)C[C@@H]1C. The number of rotatable bonds is 6. The van der Waals surface area contributed by atoms with Gasteiger partial charge in [0.05, 0.1) is 11.7 Å². The van der Waals surface area contributed by atoms with Gasteiger partial charge >= 0.3 is 0 Å². The lowest BCUT2D eigenvalue weighted by molar-refractivity contribution is 0.0411.